The molecule has 2 unspecified atom stereocenters. The van der Waals surface area contributed by atoms with Gasteiger partial charge in [-0.3, -0.25) is 0 Å². The second-order valence-electron chi connectivity index (χ2n) is 9.33. The molecule has 0 bridgehead atoms. The van der Waals surface area contributed by atoms with Crippen LogP contribution in [0.2, 0.25) is 0 Å². The summed E-state index contributed by atoms with van der Waals surface area (Å²) >= 11 is 0. The zero-order valence-electron chi connectivity index (χ0n) is 16.8. The first-order valence-electron chi connectivity index (χ1n) is 9.91. The normalized spacial score (nSPS) is 24.9. The number of carboxylic acids is 1. The molecule has 2 aliphatic rings. The van der Waals surface area contributed by atoms with Gasteiger partial charge in [0.2, 0.25) is 0 Å². The molecule has 0 saturated carbocycles. The molecular weight excluding hydrogens is 320 g/mol. The van der Waals surface area contributed by atoms with Crippen LogP contribution in [0.1, 0.15) is 82.1 Å². The minimum atomic E-state index is -0.858. The van der Waals surface area contributed by atoms with E-state index in [0.29, 0.717) is 17.4 Å². The van der Waals surface area contributed by atoms with Gasteiger partial charge in [-0.1, -0.05) is 64.5 Å². The zero-order valence-corrected chi connectivity index (χ0v) is 16.8. The van der Waals surface area contributed by atoms with Crippen molar-refractivity contribution < 1.29 is 9.90 Å². The maximum atomic E-state index is 11.1. The molecule has 0 heterocycles. The summed E-state index contributed by atoms with van der Waals surface area (Å²) in [5, 5.41) is 9.14. The summed E-state index contributed by atoms with van der Waals surface area (Å²) in [6.45, 7) is 11.8. The van der Waals surface area contributed by atoms with Crippen molar-refractivity contribution in [1.29, 1.82) is 0 Å². The third kappa shape index (κ3) is 3.39. The minimum Gasteiger partial charge on any atom is -0.478 e. The lowest BCUT2D eigenvalue weighted by Crippen LogP contribution is -2.33. The number of benzene rings is 1. The maximum absolute atomic E-state index is 11.1. The van der Waals surface area contributed by atoms with Crippen LogP contribution in [0, 0.1) is 16.7 Å². The summed E-state index contributed by atoms with van der Waals surface area (Å²) in [5.41, 5.74) is 5.37. The Morgan fingerprint density at radius 1 is 1.12 bits per heavy atom. The van der Waals surface area contributed by atoms with E-state index in [1.54, 1.807) is 23.3 Å². The Labute approximate surface area is 158 Å². The van der Waals surface area contributed by atoms with Gasteiger partial charge >= 0.3 is 5.97 Å². The molecule has 0 fully saturated rings. The lowest BCUT2D eigenvalue weighted by atomic mass is 9.59. The fourth-order valence-corrected chi connectivity index (χ4v) is 4.85. The van der Waals surface area contributed by atoms with Gasteiger partial charge in [0.05, 0.1) is 5.56 Å². The predicted octanol–water partition coefficient (Wildman–Crippen LogP) is 6.60. The third-order valence-corrected chi connectivity index (χ3v) is 6.74. The van der Waals surface area contributed by atoms with Crippen molar-refractivity contribution in [3.63, 3.8) is 0 Å². The number of aromatic carboxylic acids is 1. The van der Waals surface area contributed by atoms with Gasteiger partial charge in [0.25, 0.3) is 0 Å². The Kier molecular flexibility index (Phi) is 4.90. The number of hydrogen-bond acceptors (Lipinski definition) is 1. The Balaban J connectivity index is 1.90. The van der Waals surface area contributed by atoms with Gasteiger partial charge in [-0.15, -0.1) is 0 Å². The second kappa shape index (κ2) is 6.72. The van der Waals surface area contributed by atoms with E-state index in [1.807, 2.05) is 12.1 Å². The standard InChI is InChI=1S/C24H32O2/c1-6-19(16-7-9-17(10-8-16)22(25)26)18-11-12-20-21(15-18)24(4,5)14-13-23(20,2)3/h7-12,18-19H,6,13-15H2,1-5H3,(H,25,26). The highest BCUT2D eigenvalue weighted by atomic mass is 16.4. The number of rotatable bonds is 4. The van der Waals surface area contributed by atoms with Crippen molar-refractivity contribution in [3.8, 4) is 0 Å². The van der Waals surface area contributed by atoms with Crippen LogP contribution in [0.5, 0.6) is 0 Å². The van der Waals surface area contributed by atoms with Gasteiger partial charge in [0, 0.05) is 0 Å². The van der Waals surface area contributed by atoms with Crippen LogP contribution in [0.15, 0.2) is 47.6 Å². The van der Waals surface area contributed by atoms with E-state index in [9.17, 15) is 4.79 Å². The van der Waals surface area contributed by atoms with E-state index < -0.39 is 5.97 Å². The highest BCUT2D eigenvalue weighted by Crippen LogP contribution is 2.54. The Bertz CT molecular complexity index is 747. The van der Waals surface area contributed by atoms with Gasteiger partial charge in [-0.2, -0.15) is 0 Å². The van der Waals surface area contributed by atoms with Crippen molar-refractivity contribution in [2.24, 2.45) is 16.7 Å². The fourth-order valence-electron chi connectivity index (χ4n) is 4.85. The van der Waals surface area contributed by atoms with Gasteiger partial charge in [-0.05, 0) is 71.6 Å². The summed E-state index contributed by atoms with van der Waals surface area (Å²) in [6.07, 6.45) is 9.51. The molecule has 3 rings (SSSR count). The van der Waals surface area contributed by atoms with Crippen LogP contribution < -0.4 is 0 Å². The van der Waals surface area contributed by atoms with Crippen molar-refractivity contribution in [1.82, 2.24) is 0 Å². The summed E-state index contributed by atoms with van der Waals surface area (Å²) in [6, 6.07) is 7.49. The Hall–Kier alpha value is -1.83. The van der Waals surface area contributed by atoms with E-state index in [-0.39, 0.29) is 10.8 Å². The smallest absolute Gasteiger partial charge is 0.335 e. The Morgan fingerprint density at radius 2 is 1.73 bits per heavy atom. The lowest BCUT2D eigenvalue weighted by molar-refractivity contribution is 0.0697. The van der Waals surface area contributed by atoms with Gasteiger partial charge < -0.3 is 5.11 Å². The average Bonchev–Trinajstić information content (AvgIpc) is 2.60. The van der Waals surface area contributed by atoms with Gasteiger partial charge in [0.1, 0.15) is 0 Å². The summed E-state index contributed by atoms with van der Waals surface area (Å²) < 4.78 is 0. The SMILES string of the molecule is CCC(c1ccc(C(=O)O)cc1)C1C=CC2=C(C1)C(C)(C)CCC2(C)C. The first-order valence-corrected chi connectivity index (χ1v) is 9.91. The topological polar surface area (TPSA) is 37.3 Å². The molecule has 0 saturated heterocycles. The van der Waals surface area contributed by atoms with Crippen LogP contribution in [0.3, 0.4) is 0 Å². The monoisotopic (exact) mass is 352 g/mol. The molecule has 0 aromatic heterocycles. The van der Waals surface area contributed by atoms with E-state index in [2.05, 4.69) is 46.8 Å². The molecule has 0 aliphatic heterocycles. The molecule has 0 spiro atoms. The molecule has 1 aromatic carbocycles. The molecule has 140 valence electrons. The number of allylic oxidation sites excluding steroid dienone is 4. The number of carboxylic acid groups (broad SMARTS) is 1. The molecule has 0 radical (unpaired) electrons. The molecule has 1 aromatic rings. The molecule has 2 nitrogen and oxygen atoms in total. The summed E-state index contributed by atoms with van der Waals surface area (Å²) in [7, 11) is 0. The summed E-state index contributed by atoms with van der Waals surface area (Å²) in [5.74, 6) is 0.0646. The fraction of sp³-hybridized carbons (Fsp3) is 0.542. The molecule has 0 amide bonds. The van der Waals surface area contributed by atoms with E-state index in [4.69, 9.17) is 5.11 Å². The van der Waals surface area contributed by atoms with Crippen molar-refractivity contribution in [2.75, 3.05) is 0 Å². The largest absolute Gasteiger partial charge is 0.478 e. The lowest BCUT2D eigenvalue weighted by Gasteiger charge is -2.46. The van der Waals surface area contributed by atoms with E-state index in [1.165, 1.54) is 18.4 Å². The van der Waals surface area contributed by atoms with Crippen LogP contribution in [0.4, 0.5) is 0 Å². The van der Waals surface area contributed by atoms with Crippen LogP contribution in [-0.2, 0) is 0 Å². The average molecular weight is 353 g/mol. The zero-order chi connectivity index (χ0) is 19.1. The van der Waals surface area contributed by atoms with Crippen molar-refractivity contribution >= 4 is 5.97 Å². The first kappa shape index (κ1) is 18.9. The third-order valence-electron chi connectivity index (χ3n) is 6.74. The number of carbonyl (C=O) groups is 1. The van der Waals surface area contributed by atoms with Crippen molar-refractivity contribution in [3.05, 3.63) is 58.7 Å². The van der Waals surface area contributed by atoms with Crippen LogP contribution >= 0.6 is 0 Å². The highest BCUT2D eigenvalue weighted by Gasteiger charge is 2.40. The van der Waals surface area contributed by atoms with Crippen molar-refractivity contribution in [2.45, 2.75) is 66.2 Å². The van der Waals surface area contributed by atoms with Gasteiger partial charge in [0.15, 0.2) is 0 Å². The second-order valence-corrected chi connectivity index (χ2v) is 9.33. The van der Waals surface area contributed by atoms with Gasteiger partial charge in [-0.25, -0.2) is 4.79 Å². The Morgan fingerprint density at radius 3 is 2.31 bits per heavy atom. The quantitative estimate of drug-likeness (QED) is 0.663. The minimum absolute atomic E-state index is 0.275. The van der Waals surface area contributed by atoms with Crippen LogP contribution in [-0.4, -0.2) is 11.1 Å². The molecule has 2 atom stereocenters. The highest BCUT2D eigenvalue weighted by molar-refractivity contribution is 5.87. The molecule has 26 heavy (non-hydrogen) atoms. The molecule has 1 N–H and O–H groups in total. The molecule has 2 heteroatoms. The molecular formula is C24H32O2. The van der Waals surface area contributed by atoms with E-state index in [0.717, 1.165) is 12.8 Å². The van der Waals surface area contributed by atoms with E-state index >= 15 is 0 Å². The maximum Gasteiger partial charge on any atom is 0.335 e. The first-order chi connectivity index (χ1) is 12.2. The van der Waals surface area contributed by atoms with Crippen LogP contribution in [0.25, 0.3) is 0 Å². The number of hydrogen-bond donors (Lipinski definition) is 1. The molecule has 2 aliphatic carbocycles. The predicted molar refractivity (Wildman–Crippen MR) is 108 cm³/mol. The summed E-state index contributed by atoms with van der Waals surface area (Å²) in [4.78, 5) is 11.1.